The van der Waals surface area contributed by atoms with Gasteiger partial charge in [0.15, 0.2) is 5.82 Å². The van der Waals surface area contributed by atoms with Crippen molar-refractivity contribution in [3.05, 3.63) is 22.7 Å². The van der Waals surface area contributed by atoms with Crippen molar-refractivity contribution < 1.29 is 0 Å². The summed E-state index contributed by atoms with van der Waals surface area (Å²) >= 11 is 3.59. The largest absolute Gasteiger partial charge is 0.355 e. The molecule has 0 saturated heterocycles. The molecule has 2 rings (SSSR count). The highest BCUT2D eigenvalue weighted by molar-refractivity contribution is 9.09. The third kappa shape index (κ3) is 2.76. The molecular weight excluding hydrogens is 294 g/mol. The van der Waals surface area contributed by atoms with Crippen molar-refractivity contribution in [3.63, 3.8) is 0 Å². The fourth-order valence-corrected chi connectivity index (χ4v) is 3.42. The molecule has 18 heavy (non-hydrogen) atoms. The van der Waals surface area contributed by atoms with E-state index in [9.17, 15) is 4.79 Å². The van der Waals surface area contributed by atoms with Gasteiger partial charge in [-0.15, -0.1) is 0 Å². The second kappa shape index (κ2) is 5.43. The third-order valence-corrected chi connectivity index (χ3v) is 4.23. The topological polar surface area (TPSA) is 38.1 Å². The van der Waals surface area contributed by atoms with E-state index in [1.54, 1.807) is 17.0 Å². The summed E-state index contributed by atoms with van der Waals surface area (Å²) in [6.07, 6.45) is 5.84. The Morgan fingerprint density at radius 1 is 1.56 bits per heavy atom. The summed E-state index contributed by atoms with van der Waals surface area (Å²) in [4.78, 5) is 19.1. The van der Waals surface area contributed by atoms with Crippen molar-refractivity contribution in [2.45, 2.75) is 37.6 Å². The molecule has 100 valence electrons. The van der Waals surface area contributed by atoms with Crippen molar-refractivity contribution >= 4 is 21.7 Å². The molecule has 1 aliphatic rings. The summed E-state index contributed by atoms with van der Waals surface area (Å²) in [7, 11) is 1.95. The van der Waals surface area contributed by atoms with Gasteiger partial charge in [-0.05, 0) is 32.6 Å². The Morgan fingerprint density at radius 3 is 2.78 bits per heavy atom. The van der Waals surface area contributed by atoms with Gasteiger partial charge in [0.25, 0.3) is 5.56 Å². The first-order valence-corrected chi connectivity index (χ1v) is 7.33. The van der Waals surface area contributed by atoms with Gasteiger partial charge in [-0.3, -0.25) is 4.79 Å². The number of anilines is 1. The molecule has 1 aromatic rings. The van der Waals surface area contributed by atoms with E-state index in [0.29, 0.717) is 16.6 Å². The molecule has 0 N–H and O–H groups in total. The fraction of sp³-hybridized carbons (Fsp3) is 0.692. The fourth-order valence-electron chi connectivity index (χ4n) is 2.36. The van der Waals surface area contributed by atoms with Gasteiger partial charge in [-0.25, -0.2) is 4.98 Å². The van der Waals surface area contributed by atoms with Crippen molar-refractivity contribution in [1.29, 1.82) is 0 Å². The average Bonchev–Trinajstić information content (AvgIpc) is 2.26. The van der Waals surface area contributed by atoms with Gasteiger partial charge in [-0.2, -0.15) is 0 Å². The highest BCUT2D eigenvalue weighted by Crippen LogP contribution is 2.33. The number of hydrogen-bond acceptors (Lipinski definition) is 3. The van der Waals surface area contributed by atoms with E-state index in [1.165, 1.54) is 12.8 Å². The summed E-state index contributed by atoms with van der Waals surface area (Å²) in [6, 6.07) is 0.170. The molecule has 0 amide bonds. The van der Waals surface area contributed by atoms with Crippen LogP contribution in [0.2, 0.25) is 0 Å². The van der Waals surface area contributed by atoms with E-state index >= 15 is 0 Å². The summed E-state index contributed by atoms with van der Waals surface area (Å²) < 4.78 is 1.73. The lowest BCUT2D eigenvalue weighted by Gasteiger charge is -2.34. The first kappa shape index (κ1) is 13.6. The normalized spacial score (nSPS) is 22.9. The van der Waals surface area contributed by atoms with Crippen LogP contribution in [0.25, 0.3) is 0 Å². The van der Waals surface area contributed by atoms with E-state index in [2.05, 4.69) is 20.9 Å². The average molecular weight is 314 g/mol. The molecule has 1 aliphatic carbocycles. The molecular formula is C13H20BrN3O. The molecule has 0 atom stereocenters. The molecule has 4 nitrogen and oxygen atoms in total. The van der Waals surface area contributed by atoms with Crippen molar-refractivity contribution in [1.82, 2.24) is 9.55 Å². The monoisotopic (exact) mass is 313 g/mol. The summed E-state index contributed by atoms with van der Waals surface area (Å²) in [5.74, 6) is 1.23. The predicted molar refractivity (Wildman–Crippen MR) is 77.6 cm³/mol. The third-order valence-electron chi connectivity index (χ3n) is 3.48. The molecule has 0 bridgehead atoms. The van der Waals surface area contributed by atoms with E-state index in [1.807, 2.05) is 25.8 Å². The molecule has 1 fully saturated rings. The van der Waals surface area contributed by atoms with Crippen LogP contribution in [0, 0.1) is 5.92 Å². The second-order valence-corrected chi connectivity index (χ2v) is 6.67. The Balaban J connectivity index is 2.12. The van der Waals surface area contributed by atoms with Crippen LogP contribution < -0.4 is 10.5 Å². The Morgan fingerprint density at radius 2 is 2.22 bits per heavy atom. The molecule has 0 unspecified atom stereocenters. The Bertz CT molecular complexity index is 466. The lowest BCUT2D eigenvalue weighted by atomic mass is 9.85. The lowest BCUT2D eigenvalue weighted by molar-refractivity contribution is 0.338. The first-order valence-electron chi connectivity index (χ1n) is 6.41. The number of halogens is 1. The van der Waals surface area contributed by atoms with Gasteiger partial charge in [-0.1, -0.05) is 15.9 Å². The minimum Gasteiger partial charge on any atom is -0.355 e. The van der Waals surface area contributed by atoms with Gasteiger partial charge in [0.1, 0.15) is 0 Å². The van der Waals surface area contributed by atoms with Gasteiger partial charge in [0, 0.05) is 36.9 Å². The molecule has 0 spiro atoms. The molecule has 0 aromatic carbocycles. The Labute approximate surface area is 116 Å². The SMILES string of the molecule is CC(C)n1ccnc(N(C)CC2CC(Br)C2)c1=O. The molecule has 1 aromatic heterocycles. The maximum atomic E-state index is 12.3. The van der Waals surface area contributed by atoms with Crippen LogP contribution in [0.4, 0.5) is 5.82 Å². The summed E-state index contributed by atoms with van der Waals surface area (Å²) in [5.41, 5.74) is 0.00437. The van der Waals surface area contributed by atoms with Crippen LogP contribution in [0.3, 0.4) is 0 Å². The minimum absolute atomic E-state index is 0.00437. The van der Waals surface area contributed by atoms with Gasteiger partial charge < -0.3 is 9.47 Å². The summed E-state index contributed by atoms with van der Waals surface area (Å²) in [6.45, 7) is 4.92. The first-order chi connectivity index (χ1) is 8.49. The number of aromatic nitrogens is 2. The van der Waals surface area contributed by atoms with E-state index in [0.717, 1.165) is 6.54 Å². The number of alkyl halides is 1. The van der Waals surface area contributed by atoms with Crippen molar-refractivity contribution in [2.24, 2.45) is 5.92 Å². The number of nitrogens with zero attached hydrogens (tertiary/aromatic N) is 3. The lowest BCUT2D eigenvalue weighted by Crippen LogP contribution is -2.38. The standard InChI is InChI=1S/C13H20BrN3O/c1-9(2)17-5-4-15-12(13(17)18)16(3)8-10-6-11(14)7-10/h4-5,9-11H,6-8H2,1-3H3. The molecule has 1 heterocycles. The molecule has 5 heteroatoms. The van der Waals surface area contributed by atoms with Gasteiger partial charge in [0.05, 0.1) is 0 Å². The van der Waals surface area contributed by atoms with Crippen LogP contribution in [0.5, 0.6) is 0 Å². The van der Waals surface area contributed by atoms with Crippen molar-refractivity contribution in [2.75, 3.05) is 18.5 Å². The zero-order chi connectivity index (χ0) is 13.3. The molecule has 0 radical (unpaired) electrons. The smallest absolute Gasteiger partial charge is 0.293 e. The molecule has 0 aliphatic heterocycles. The van der Waals surface area contributed by atoms with Crippen molar-refractivity contribution in [3.8, 4) is 0 Å². The predicted octanol–water partition coefficient (Wildman–Crippen LogP) is 2.43. The highest BCUT2D eigenvalue weighted by Gasteiger charge is 2.28. The number of hydrogen-bond donors (Lipinski definition) is 0. The van der Waals surface area contributed by atoms with Crippen LogP contribution in [0.1, 0.15) is 32.7 Å². The zero-order valence-electron chi connectivity index (χ0n) is 11.1. The van der Waals surface area contributed by atoms with Gasteiger partial charge >= 0.3 is 0 Å². The maximum Gasteiger partial charge on any atom is 0.293 e. The van der Waals surface area contributed by atoms with Crippen LogP contribution >= 0.6 is 15.9 Å². The van der Waals surface area contributed by atoms with E-state index < -0.39 is 0 Å². The summed E-state index contributed by atoms with van der Waals surface area (Å²) in [5, 5.41) is 0. The Hall–Kier alpha value is -0.840. The molecule has 1 saturated carbocycles. The van der Waals surface area contributed by atoms with Gasteiger partial charge in [0.2, 0.25) is 0 Å². The quantitative estimate of drug-likeness (QED) is 0.801. The van der Waals surface area contributed by atoms with Crippen LogP contribution in [0.15, 0.2) is 17.2 Å². The zero-order valence-corrected chi connectivity index (χ0v) is 12.7. The number of rotatable bonds is 4. The Kier molecular flexibility index (Phi) is 4.10. The van der Waals surface area contributed by atoms with E-state index in [-0.39, 0.29) is 11.6 Å². The van der Waals surface area contributed by atoms with E-state index in [4.69, 9.17) is 0 Å². The second-order valence-electron chi connectivity index (χ2n) is 5.37. The minimum atomic E-state index is 0.00437. The highest BCUT2D eigenvalue weighted by atomic mass is 79.9. The van der Waals surface area contributed by atoms with Crippen LogP contribution in [-0.4, -0.2) is 28.0 Å². The van der Waals surface area contributed by atoms with Crippen LogP contribution in [-0.2, 0) is 0 Å². The maximum absolute atomic E-state index is 12.3.